The van der Waals surface area contributed by atoms with E-state index < -0.39 is 24.0 Å². The van der Waals surface area contributed by atoms with Crippen LogP contribution >= 0.6 is 0 Å². The number of fused-ring (bicyclic) bond motifs is 4. The highest BCUT2D eigenvalue weighted by molar-refractivity contribution is 5.84. The van der Waals surface area contributed by atoms with Gasteiger partial charge in [0.05, 0.1) is 24.5 Å². The highest BCUT2D eigenvalue weighted by atomic mass is 19.4. The molecule has 41 heavy (non-hydrogen) atoms. The van der Waals surface area contributed by atoms with Crippen LogP contribution in [-0.4, -0.2) is 29.3 Å². The van der Waals surface area contributed by atoms with Crippen molar-refractivity contribution in [3.63, 3.8) is 0 Å². The molecule has 4 nitrogen and oxygen atoms in total. The first-order valence-electron chi connectivity index (χ1n) is 13.9. The molecule has 7 atom stereocenters. The van der Waals surface area contributed by atoms with Gasteiger partial charge < -0.3 is 9.84 Å². The quantitative estimate of drug-likeness (QED) is 0.288. The number of nitrogens with zero attached hydrogens (tertiary/aromatic N) is 1. The van der Waals surface area contributed by atoms with Crippen molar-refractivity contribution in [2.45, 2.75) is 65.0 Å². The van der Waals surface area contributed by atoms with Crippen LogP contribution in [0.3, 0.4) is 0 Å². The smallest absolute Gasteiger partial charge is 0.392 e. The van der Waals surface area contributed by atoms with Gasteiger partial charge in [0.1, 0.15) is 5.75 Å². The summed E-state index contributed by atoms with van der Waals surface area (Å²) in [4.78, 5) is 15.4. The van der Waals surface area contributed by atoms with Gasteiger partial charge in [-0.05, 0) is 90.7 Å². The number of hydrogen-bond donors (Lipinski definition) is 1. The standard InChI is InChI=1S/C22H27NO.C11H11F3O2.CH4/c1-4-15-11-17-6-5-16(15)12-20(17)14(2)19-9-10-23-22-8-7-18(24-3)13-21(19)22;1-7(11(12,13)14)9(10(15)16)8-5-3-2-4-6-8;/h4,7-10,13-17,20H,1,5-6,11-12H2,2-3H3;2-7,9H,1H3,(H,15,16);1H4/t14-,15-,16-,17-,20+;7-,9+;/m11./s1. The van der Waals surface area contributed by atoms with Crippen LogP contribution in [0.25, 0.3) is 10.9 Å². The molecule has 0 radical (unpaired) electrons. The van der Waals surface area contributed by atoms with E-state index in [1.807, 2.05) is 12.3 Å². The molecule has 0 aliphatic heterocycles. The number of pyridine rings is 1. The van der Waals surface area contributed by atoms with Crippen LogP contribution in [0.15, 0.2) is 73.4 Å². The van der Waals surface area contributed by atoms with Gasteiger partial charge in [0.15, 0.2) is 0 Å². The second-order valence-electron chi connectivity index (χ2n) is 11.3. The van der Waals surface area contributed by atoms with Crippen molar-refractivity contribution in [3.8, 4) is 5.75 Å². The third-order valence-corrected chi connectivity index (χ3v) is 9.13. The zero-order valence-electron chi connectivity index (χ0n) is 23.3. The first-order valence-corrected chi connectivity index (χ1v) is 13.9. The molecule has 3 aliphatic rings. The molecule has 0 saturated heterocycles. The highest BCUT2D eigenvalue weighted by Gasteiger charge is 2.45. The van der Waals surface area contributed by atoms with E-state index in [2.05, 4.69) is 42.8 Å². The molecular formula is C34H42F3NO3. The predicted molar refractivity (Wildman–Crippen MR) is 158 cm³/mol. The number of allylic oxidation sites excluding steroid dienone is 1. The van der Waals surface area contributed by atoms with Crippen molar-refractivity contribution < 1.29 is 27.8 Å². The topological polar surface area (TPSA) is 59.4 Å². The molecule has 0 unspecified atom stereocenters. The van der Waals surface area contributed by atoms with Crippen molar-refractivity contribution >= 4 is 16.9 Å². The van der Waals surface area contributed by atoms with Crippen LogP contribution in [0.5, 0.6) is 5.75 Å². The first kappa shape index (κ1) is 32.2. The molecule has 3 fully saturated rings. The zero-order valence-corrected chi connectivity index (χ0v) is 23.3. The van der Waals surface area contributed by atoms with Crippen molar-refractivity contribution in [1.29, 1.82) is 0 Å². The summed E-state index contributed by atoms with van der Waals surface area (Å²) in [5.74, 6) is -0.200. The number of halogens is 3. The predicted octanol–water partition coefficient (Wildman–Crippen LogP) is 9.27. The summed E-state index contributed by atoms with van der Waals surface area (Å²) in [6.07, 6.45) is 5.16. The van der Waals surface area contributed by atoms with Crippen molar-refractivity contribution in [1.82, 2.24) is 4.98 Å². The van der Waals surface area contributed by atoms with Gasteiger partial charge in [-0.15, -0.1) is 6.58 Å². The fraction of sp³-hybridized carbons (Fsp3) is 0.471. The van der Waals surface area contributed by atoms with Crippen molar-refractivity contribution in [2.24, 2.45) is 29.6 Å². The SMILES string of the molecule is C.C=C[C@@H]1C[C@H]2CC[C@@H]1C[C@H]2[C@H](C)c1ccnc2ccc(OC)cc12.C[C@H]([C@H](C(=O)O)c1ccccc1)C(F)(F)F. The van der Waals surface area contributed by atoms with Gasteiger partial charge in [-0.25, -0.2) is 0 Å². The Labute approximate surface area is 241 Å². The lowest BCUT2D eigenvalue weighted by molar-refractivity contribution is -0.183. The van der Waals surface area contributed by atoms with E-state index in [0.29, 0.717) is 5.92 Å². The van der Waals surface area contributed by atoms with Gasteiger partial charge in [0, 0.05) is 11.6 Å². The molecule has 1 heterocycles. The van der Waals surface area contributed by atoms with Gasteiger partial charge in [-0.2, -0.15) is 13.2 Å². The number of methoxy groups -OCH3 is 1. The second kappa shape index (κ2) is 13.5. The fourth-order valence-electron chi connectivity index (χ4n) is 6.82. The Hall–Kier alpha value is -3.35. The van der Waals surface area contributed by atoms with E-state index in [-0.39, 0.29) is 13.0 Å². The van der Waals surface area contributed by atoms with Gasteiger partial charge in [0.25, 0.3) is 0 Å². The van der Waals surface area contributed by atoms with Gasteiger partial charge in [-0.1, -0.05) is 57.7 Å². The number of alkyl halides is 3. The number of benzene rings is 2. The summed E-state index contributed by atoms with van der Waals surface area (Å²) in [5, 5.41) is 10.1. The third-order valence-electron chi connectivity index (χ3n) is 9.13. The van der Waals surface area contributed by atoms with E-state index in [0.717, 1.165) is 41.9 Å². The van der Waals surface area contributed by atoms with Gasteiger partial charge in [-0.3, -0.25) is 9.78 Å². The molecule has 2 aromatic carbocycles. The third kappa shape index (κ3) is 7.11. The zero-order chi connectivity index (χ0) is 29.0. The minimum atomic E-state index is -4.51. The summed E-state index contributed by atoms with van der Waals surface area (Å²) in [6.45, 7) is 7.37. The molecule has 1 aromatic heterocycles. The molecule has 1 N–H and O–H groups in total. The molecule has 0 amide bonds. The van der Waals surface area contributed by atoms with Crippen LogP contribution in [0.4, 0.5) is 13.2 Å². The molecule has 3 saturated carbocycles. The van der Waals surface area contributed by atoms with Crippen molar-refractivity contribution in [3.05, 3.63) is 84.6 Å². The van der Waals surface area contributed by atoms with Gasteiger partial charge in [0.2, 0.25) is 0 Å². The monoisotopic (exact) mass is 569 g/mol. The molecular weight excluding hydrogens is 527 g/mol. The van der Waals surface area contributed by atoms with E-state index >= 15 is 0 Å². The number of ether oxygens (including phenoxy) is 1. The number of carboxylic acids is 1. The largest absolute Gasteiger partial charge is 0.497 e. The summed E-state index contributed by atoms with van der Waals surface area (Å²) >= 11 is 0. The molecule has 0 spiro atoms. The van der Waals surface area contributed by atoms with E-state index in [4.69, 9.17) is 9.84 Å². The maximum Gasteiger partial charge on any atom is 0.392 e. The van der Waals surface area contributed by atoms with Crippen LogP contribution in [0, 0.1) is 29.6 Å². The lowest BCUT2D eigenvalue weighted by Crippen LogP contribution is -2.39. The highest BCUT2D eigenvalue weighted by Crippen LogP contribution is 2.53. The minimum Gasteiger partial charge on any atom is -0.497 e. The summed E-state index contributed by atoms with van der Waals surface area (Å²) in [5.41, 5.74) is 2.68. The lowest BCUT2D eigenvalue weighted by atomic mass is 9.56. The molecule has 2 bridgehead atoms. The maximum atomic E-state index is 12.5. The fourth-order valence-corrected chi connectivity index (χ4v) is 6.82. The number of carbonyl (C=O) groups is 1. The number of carboxylic acid groups (broad SMARTS) is 1. The number of rotatable bonds is 7. The summed E-state index contributed by atoms with van der Waals surface area (Å²) in [6, 6.07) is 15.9. The Kier molecular flexibility index (Phi) is 10.6. The molecule has 6 rings (SSSR count). The normalized spacial score (nSPS) is 23.8. The lowest BCUT2D eigenvalue weighted by Gasteiger charge is -2.49. The molecule has 7 heteroatoms. The van der Waals surface area contributed by atoms with E-state index in [1.165, 1.54) is 60.9 Å². The average molecular weight is 570 g/mol. The average Bonchev–Trinajstić information content (AvgIpc) is 2.96. The van der Waals surface area contributed by atoms with Gasteiger partial charge >= 0.3 is 12.1 Å². The van der Waals surface area contributed by atoms with Crippen molar-refractivity contribution in [2.75, 3.05) is 7.11 Å². The Morgan fingerprint density at radius 2 is 1.76 bits per heavy atom. The molecule has 222 valence electrons. The van der Waals surface area contributed by atoms with Crippen LogP contribution < -0.4 is 4.74 Å². The molecule has 3 aliphatic carbocycles. The Balaban J connectivity index is 0.000000240. The van der Waals surface area contributed by atoms with E-state index in [9.17, 15) is 18.0 Å². The Morgan fingerprint density at radius 1 is 1.07 bits per heavy atom. The minimum absolute atomic E-state index is 0. The molecule has 3 aromatic rings. The van der Waals surface area contributed by atoms with E-state index in [1.54, 1.807) is 13.2 Å². The Morgan fingerprint density at radius 3 is 2.32 bits per heavy atom. The number of hydrogen-bond acceptors (Lipinski definition) is 3. The Bertz CT molecular complexity index is 1310. The second-order valence-corrected chi connectivity index (χ2v) is 11.3. The summed E-state index contributed by atoms with van der Waals surface area (Å²) in [7, 11) is 1.73. The summed E-state index contributed by atoms with van der Waals surface area (Å²) < 4.78 is 42.9. The first-order chi connectivity index (χ1) is 19.0. The maximum absolute atomic E-state index is 12.5. The number of aliphatic carboxylic acids is 1. The van der Waals surface area contributed by atoms with Crippen LogP contribution in [-0.2, 0) is 4.79 Å². The number of aromatic nitrogens is 1. The van der Waals surface area contributed by atoms with Crippen LogP contribution in [0.2, 0.25) is 0 Å². The van der Waals surface area contributed by atoms with Crippen LogP contribution in [0.1, 0.15) is 69.9 Å².